The van der Waals surface area contributed by atoms with Crippen molar-refractivity contribution in [1.82, 2.24) is 4.98 Å². The number of aromatic nitrogens is 1. The summed E-state index contributed by atoms with van der Waals surface area (Å²) in [6.07, 6.45) is -2.18. The monoisotopic (exact) mass is 514 g/mol. The number of methoxy groups -OCH3 is 1. The molecule has 0 aliphatic carbocycles. The van der Waals surface area contributed by atoms with Crippen molar-refractivity contribution in [2.75, 3.05) is 12.4 Å². The highest BCUT2D eigenvalue weighted by Gasteiger charge is 2.31. The van der Waals surface area contributed by atoms with E-state index in [-0.39, 0.29) is 5.75 Å². The first-order valence-electron chi connectivity index (χ1n) is 12.0. The van der Waals surface area contributed by atoms with E-state index in [0.717, 1.165) is 39.6 Å². The number of alkyl halides is 3. The molecule has 2 N–H and O–H groups in total. The van der Waals surface area contributed by atoms with E-state index in [1.165, 1.54) is 19.2 Å². The predicted octanol–water partition coefficient (Wildman–Crippen LogP) is 7.84. The number of ether oxygens (including phenoxy) is 1. The Hall–Kier alpha value is -4.52. The zero-order valence-corrected chi connectivity index (χ0v) is 20.6. The lowest BCUT2D eigenvalue weighted by Gasteiger charge is -2.16. The Labute approximate surface area is 218 Å². The fraction of sp³-hybridized carbons (Fsp3) is 0.129. The molecule has 0 amide bonds. The first-order chi connectivity index (χ1) is 18.3. The number of hydrogen-bond acceptors (Lipinski definition) is 4. The third kappa shape index (κ3) is 5.42. The molecule has 7 heteroatoms. The predicted molar refractivity (Wildman–Crippen MR) is 143 cm³/mol. The number of aromatic hydroxyl groups is 1. The molecule has 0 spiro atoms. The number of benzene rings is 4. The molecule has 38 heavy (non-hydrogen) atoms. The van der Waals surface area contributed by atoms with Crippen LogP contribution in [-0.4, -0.2) is 17.2 Å². The fourth-order valence-corrected chi connectivity index (χ4v) is 4.52. The molecule has 5 aromatic rings. The van der Waals surface area contributed by atoms with E-state index in [1.54, 1.807) is 24.4 Å². The second kappa shape index (κ2) is 10.5. The minimum atomic E-state index is -4.46. The Morgan fingerprint density at radius 1 is 0.868 bits per heavy atom. The number of rotatable bonds is 7. The van der Waals surface area contributed by atoms with Crippen molar-refractivity contribution in [3.63, 3.8) is 0 Å². The van der Waals surface area contributed by atoms with E-state index in [2.05, 4.69) is 10.3 Å². The van der Waals surface area contributed by atoms with Gasteiger partial charge in [-0.15, -0.1) is 0 Å². The lowest BCUT2D eigenvalue weighted by molar-refractivity contribution is -0.137. The minimum absolute atomic E-state index is 0.0620. The highest BCUT2D eigenvalue weighted by molar-refractivity contribution is 5.97. The smallest absolute Gasteiger partial charge is 0.416 e. The van der Waals surface area contributed by atoms with E-state index < -0.39 is 11.7 Å². The number of hydrogen-bond donors (Lipinski definition) is 2. The van der Waals surface area contributed by atoms with E-state index in [9.17, 15) is 18.3 Å². The molecule has 1 aromatic heterocycles. The van der Waals surface area contributed by atoms with Gasteiger partial charge >= 0.3 is 6.18 Å². The van der Waals surface area contributed by atoms with Crippen LogP contribution >= 0.6 is 0 Å². The van der Waals surface area contributed by atoms with Gasteiger partial charge in [0.15, 0.2) is 11.5 Å². The third-order valence-electron chi connectivity index (χ3n) is 6.40. The van der Waals surface area contributed by atoms with Crippen LogP contribution < -0.4 is 10.1 Å². The van der Waals surface area contributed by atoms with Crippen molar-refractivity contribution >= 4 is 16.6 Å². The zero-order valence-electron chi connectivity index (χ0n) is 20.6. The van der Waals surface area contributed by atoms with Gasteiger partial charge in [0.2, 0.25) is 0 Å². The quantitative estimate of drug-likeness (QED) is 0.232. The van der Waals surface area contributed by atoms with Crippen molar-refractivity contribution in [3.8, 4) is 22.6 Å². The summed E-state index contributed by atoms with van der Waals surface area (Å²) in [6.45, 7) is 0.465. The molecule has 1 heterocycles. The lowest BCUT2D eigenvalue weighted by atomic mass is 9.92. The van der Waals surface area contributed by atoms with Crippen LogP contribution in [0.3, 0.4) is 0 Å². The molecule has 0 radical (unpaired) electrons. The molecule has 0 saturated heterocycles. The molecule has 0 bridgehead atoms. The summed E-state index contributed by atoms with van der Waals surface area (Å²) in [5, 5.41) is 13.7. The molecule has 0 aliphatic rings. The molecule has 5 rings (SSSR count). The largest absolute Gasteiger partial charge is 0.504 e. The number of nitrogens with zero attached hydrogens (tertiary/aromatic N) is 1. The number of phenols is 1. The molecule has 4 aromatic carbocycles. The Balaban J connectivity index is 1.57. The van der Waals surface area contributed by atoms with Crippen LogP contribution in [0, 0.1) is 0 Å². The molecule has 0 unspecified atom stereocenters. The lowest BCUT2D eigenvalue weighted by Crippen LogP contribution is -2.05. The summed E-state index contributed by atoms with van der Waals surface area (Å²) < 4.78 is 46.1. The highest BCUT2D eigenvalue weighted by Crippen LogP contribution is 2.38. The van der Waals surface area contributed by atoms with Crippen LogP contribution in [0.5, 0.6) is 11.5 Å². The van der Waals surface area contributed by atoms with Crippen LogP contribution in [0.1, 0.15) is 22.3 Å². The molecule has 0 fully saturated rings. The number of phenolic OH excluding ortho intramolecular Hbond substituents is 1. The number of anilines is 1. The Morgan fingerprint density at radius 3 is 2.45 bits per heavy atom. The number of halogens is 3. The highest BCUT2D eigenvalue weighted by atomic mass is 19.4. The van der Waals surface area contributed by atoms with Gasteiger partial charge in [-0.05, 0) is 76.7 Å². The SMILES string of the molecule is COc1cc(CNc2cccc(-c3c(Cc4ccccc4)cnc4ccc(C(F)(F)F)cc34)c2)ccc1O. The molecule has 0 atom stereocenters. The topological polar surface area (TPSA) is 54.4 Å². The fourth-order valence-electron chi connectivity index (χ4n) is 4.52. The van der Waals surface area contributed by atoms with Crippen molar-refractivity contribution in [2.45, 2.75) is 19.1 Å². The molecule has 0 aliphatic heterocycles. The van der Waals surface area contributed by atoms with Gasteiger partial charge in [-0.2, -0.15) is 13.2 Å². The second-order valence-electron chi connectivity index (χ2n) is 8.99. The molecule has 0 saturated carbocycles. The van der Waals surface area contributed by atoms with Crippen molar-refractivity contribution in [1.29, 1.82) is 0 Å². The average Bonchev–Trinajstić information content (AvgIpc) is 2.92. The maximum atomic E-state index is 13.6. The summed E-state index contributed by atoms with van der Waals surface area (Å²) >= 11 is 0. The van der Waals surface area contributed by atoms with Crippen LogP contribution in [0.15, 0.2) is 97.2 Å². The molecular weight excluding hydrogens is 489 g/mol. The van der Waals surface area contributed by atoms with Crippen LogP contribution in [-0.2, 0) is 19.1 Å². The first kappa shape index (κ1) is 25.1. The van der Waals surface area contributed by atoms with Gasteiger partial charge < -0.3 is 15.2 Å². The van der Waals surface area contributed by atoms with E-state index in [0.29, 0.717) is 29.6 Å². The first-order valence-corrected chi connectivity index (χ1v) is 12.0. The standard InChI is InChI=1S/C31H25F3N2O2/c1-38-29-15-21(10-13-28(29)37)18-35-25-9-5-8-22(16-25)30-23(14-20-6-3-2-4-7-20)19-36-27-12-11-24(17-26(27)30)31(32,33)34/h2-13,15-17,19,35,37H,14,18H2,1H3. The maximum absolute atomic E-state index is 13.6. The molecular formula is C31H25F3N2O2. The van der Waals surface area contributed by atoms with E-state index in [4.69, 9.17) is 4.74 Å². The van der Waals surface area contributed by atoms with Gasteiger partial charge in [0.1, 0.15) is 0 Å². The van der Waals surface area contributed by atoms with Crippen molar-refractivity contribution in [3.05, 3.63) is 119 Å². The zero-order chi connectivity index (χ0) is 26.7. The molecule has 192 valence electrons. The van der Waals surface area contributed by atoms with E-state index in [1.807, 2.05) is 54.6 Å². The van der Waals surface area contributed by atoms with Gasteiger partial charge in [-0.1, -0.05) is 48.5 Å². The second-order valence-corrected chi connectivity index (χ2v) is 8.99. The van der Waals surface area contributed by atoms with E-state index >= 15 is 0 Å². The Kier molecular flexibility index (Phi) is 6.92. The van der Waals surface area contributed by atoms with Crippen molar-refractivity contribution in [2.24, 2.45) is 0 Å². The van der Waals surface area contributed by atoms with Gasteiger partial charge in [0.05, 0.1) is 18.2 Å². The van der Waals surface area contributed by atoms with Crippen LogP contribution in [0.4, 0.5) is 18.9 Å². The average molecular weight is 515 g/mol. The summed E-state index contributed by atoms with van der Waals surface area (Å²) in [7, 11) is 1.49. The number of pyridine rings is 1. The summed E-state index contributed by atoms with van der Waals surface area (Å²) in [4.78, 5) is 4.49. The summed E-state index contributed by atoms with van der Waals surface area (Å²) in [6, 6.07) is 26.2. The third-order valence-corrected chi connectivity index (χ3v) is 6.40. The van der Waals surface area contributed by atoms with Crippen LogP contribution in [0.25, 0.3) is 22.0 Å². The van der Waals surface area contributed by atoms with Gasteiger partial charge in [-0.25, -0.2) is 0 Å². The maximum Gasteiger partial charge on any atom is 0.416 e. The van der Waals surface area contributed by atoms with Crippen molar-refractivity contribution < 1.29 is 23.0 Å². The normalized spacial score (nSPS) is 11.5. The Bertz CT molecular complexity index is 1580. The summed E-state index contributed by atoms with van der Waals surface area (Å²) in [5.41, 5.74) is 4.88. The van der Waals surface area contributed by atoms with Gasteiger partial charge in [0.25, 0.3) is 0 Å². The minimum Gasteiger partial charge on any atom is -0.504 e. The van der Waals surface area contributed by atoms with Gasteiger partial charge in [-0.3, -0.25) is 4.98 Å². The van der Waals surface area contributed by atoms with Gasteiger partial charge in [0, 0.05) is 23.8 Å². The molecule has 4 nitrogen and oxygen atoms in total. The summed E-state index contributed by atoms with van der Waals surface area (Å²) in [5.74, 6) is 0.444. The van der Waals surface area contributed by atoms with Crippen LogP contribution in [0.2, 0.25) is 0 Å². The number of fused-ring (bicyclic) bond motifs is 1. The Morgan fingerprint density at radius 2 is 1.68 bits per heavy atom. The number of nitrogens with one attached hydrogen (secondary N) is 1.